The molecule has 1 aliphatic rings. The van der Waals surface area contributed by atoms with Crippen LogP contribution in [0.4, 0.5) is 0 Å². The van der Waals surface area contributed by atoms with Crippen LogP contribution in [0.25, 0.3) is 0 Å². The van der Waals surface area contributed by atoms with Crippen LogP contribution in [0, 0.1) is 0 Å². The number of Topliss-reactive ketones (excluding diaryl/α,β-unsaturated/α-hetero) is 1. The maximum atomic E-state index is 12.6. The number of carbonyl (C=O) groups excluding carboxylic acids is 2. The molecule has 1 fully saturated rings. The van der Waals surface area contributed by atoms with Gasteiger partial charge in [0.05, 0.1) is 11.4 Å². The number of rotatable bonds is 4. The first-order chi connectivity index (χ1) is 9.95. The SMILES string of the molecule is CCC(=O)c1cccc(S(=O)(=O)N2CCCNC(=O)C2)c1. The Hall–Kier alpha value is -1.73. The highest BCUT2D eigenvalue weighted by Gasteiger charge is 2.28. The molecule has 1 aromatic carbocycles. The highest BCUT2D eigenvalue weighted by atomic mass is 32.2. The van der Waals surface area contributed by atoms with Gasteiger partial charge in [-0.3, -0.25) is 9.59 Å². The monoisotopic (exact) mass is 310 g/mol. The minimum absolute atomic E-state index is 0.0523. The number of ketones is 1. The second-order valence-electron chi connectivity index (χ2n) is 4.85. The highest BCUT2D eigenvalue weighted by Crippen LogP contribution is 2.18. The summed E-state index contributed by atoms with van der Waals surface area (Å²) in [6, 6.07) is 5.97. The van der Waals surface area contributed by atoms with E-state index in [1.807, 2.05) is 0 Å². The van der Waals surface area contributed by atoms with Gasteiger partial charge >= 0.3 is 0 Å². The molecule has 0 radical (unpaired) electrons. The van der Waals surface area contributed by atoms with E-state index in [2.05, 4.69) is 5.32 Å². The lowest BCUT2D eigenvalue weighted by atomic mass is 10.1. The molecule has 0 aromatic heterocycles. The second-order valence-corrected chi connectivity index (χ2v) is 6.78. The molecule has 1 N–H and O–H groups in total. The maximum absolute atomic E-state index is 12.6. The first-order valence-electron chi connectivity index (χ1n) is 6.85. The van der Waals surface area contributed by atoms with Crippen LogP contribution in [-0.4, -0.2) is 44.0 Å². The van der Waals surface area contributed by atoms with Gasteiger partial charge in [0, 0.05) is 25.1 Å². The molecule has 1 aromatic rings. The minimum Gasteiger partial charge on any atom is -0.355 e. The Morgan fingerprint density at radius 3 is 2.86 bits per heavy atom. The first kappa shape index (κ1) is 15.7. The number of nitrogens with zero attached hydrogens (tertiary/aromatic N) is 1. The lowest BCUT2D eigenvalue weighted by Gasteiger charge is -2.19. The van der Waals surface area contributed by atoms with Crippen molar-refractivity contribution in [1.82, 2.24) is 9.62 Å². The van der Waals surface area contributed by atoms with Crippen LogP contribution in [0.15, 0.2) is 29.2 Å². The Labute approximate surface area is 124 Å². The van der Waals surface area contributed by atoms with Gasteiger partial charge in [0.1, 0.15) is 0 Å². The van der Waals surface area contributed by atoms with Crippen LogP contribution >= 0.6 is 0 Å². The van der Waals surface area contributed by atoms with E-state index in [1.165, 1.54) is 12.1 Å². The summed E-state index contributed by atoms with van der Waals surface area (Å²) in [4.78, 5) is 23.3. The van der Waals surface area contributed by atoms with Crippen molar-refractivity contribution in [2.75, 3.05) is 19.6 Å². The molecule has 2 rings (SSSR count). The molecule has 0 spiro atoms. The Balaban J connectivity index is 2.34. The summed E-state index contributed by atoms with van der Waals surface area (Å²) >= 11 is 0. The molecule has 0 saturated carbocycles. The van der Waals surface area contributed by atoms with Gasteiger partial charge < -0.3 is 5.32 Å². The van der Waals surface area contributed by atoms with E-state index in [4.69, 9.17) is 0 Å². The fourth-order valence-electron chi connectivity index (χ4n) is 2.17. The van der Waals surface area contributed by atoms with E-state index in [0.717, 1.165) is 4.31 Å². The maximum Gasteiger partial charge on any atom is 0.243 e. The molecule has 21 heavy (non-hydrogen) atoms. The normalized spacial score (nSPS) is 17.1. The summed E-state index contributed by atoms with van der Waals surface area (Å²) in [7, 11) is -3.76. The lowest BCUT2D eigenvalue weighted by molar-refractivity contribution is -0.120. The third-order valence-corrected chi connectivity index (χ3v) is 5.18. The van der Waals surface area contributed by atoms with E-state index >= 15 is 0 Å². The number of sulfonamides is 1. The van der Waals surface area contributed by atoms with Crippen LogP contribution in [0.3, 0.4) is 0 Å². The Morgan fingerprint density at radius 2 is 2.14 bits per heavy atom. The van der Waals surface area contributed by atoms with E-state index in [1.54, 1.807) is 19.1 Å². The van der Waals surface area contributed by atoms with Crippen molar-refractivity contribution in [3.8, 4) is 0 Å². The Bertz CT molecular complexity index is 655. The summed E-state index contributed by atoms with van der Waals surface area (Å²) in [6.45, 7) is 2.29. The zero-order valence-electron chi connectivity index (χ0n) is 11.8. The number of nitrogens with one attached hydrogen (secondary N) is 1. The quantitative estimate of drug-likeness (QED) is 0.833. The van der Waals surface area contributed by atoms with Crippen molar-refractivity contribution in [3.63, 3.8) is 0 Å². The van der Waals surface area contributed by atoms with Crippen molar-refractivity contribution in [3.05, 3.63) is 29.8 Å². The molecule has 1 amide bonds. The molecular formula is C14H18N2O4S. The van der Waals surface area contributed by atoms with Crippen LogP contribution < -0.4 is 5.32 Å². The topological polar surface area (TPSA) is 83.6 Å². The van der Waals surface area contributed by atoms with E-state index < -0.39 is 10.0 Å². The molecule has 0 bridgehead atoms. The predicted molar refractivity (Wildman–Crippen MR) is 77.4 cm³/mol. The number of benzene rings is 1. The van der Waals surface area contributed by atoms with Gasteiger partial charge in [-0.2, -0.15) is 4.31 Å². The van der Waals surface area contributed by atoms with Crippen molar-refractivity contribution in [2.45, 2.75) is 24.7 Å². The lowest BCUT2D eigenvalue weighted by Crippen LogP contribution is -2.37. The summed E-state index contributed by atoms with van der Waals surface area (Å²) in [5, 5.41) is 2.64. The molecule has 0 aliphatic carbocycles. The van der Waals surface area contributed by atoms with Crippen LogP contribution in [-0.2, 0) is 14.8 Å². The predicted octanol–water partition coefficient (Wildman–Crippen LogP) is 0.790. The van der Waals surface area contributed by atoms with Crippen molar-refractivity contribution in [1.29, 1.82) is 0 Å². The van der Waals surface area contributed by atoms with Gasteiger partial charge in [-0.1, -0.05) is 19.1 Å². The first-order valence-corrected chi connectivity index (χ1v) is 8.29. The van der Waals surface area contributed by atoms with E-state index in [9.17, 15) is 18.0 Å². The summed E-state index contributed by atoms with van der Waals surface area (Å²) in [5.74, 6) is -0.419. The van der Waals surface area contributed by atoms with E-state index in [-0.39, 0.29) is 29.7 Å². The molecule has 7 heteroatoms. The number of carbonyl (C=O) groups is 2. The molecule has 0 atom stereocenters. The molecule has 1 heterocycles. The van der Waals surface area contributed by atoms with Gasteiger partial charge in [-0.05, 0) is 18.6 Å². The average molecular weight is 310 g/mol. The molecule has 1 saturated heterocycles. The van der Waals surface area contributed by atoms with Crippen LogP contribution in [0.5, 0.6) is 0 Å². The Kier molecular flexibility index (Phi) is 4.74. The van der Waals surface area contributed by atoms with Gasteiger partial charge in [0.2, 0.25) is 15.9 Å². The fourth-order valence-corrected chi connectivity index (χ4v) is 3.65. The van der Waals surface area contributed by atoms with Crippen LogP contribution in [0.1, 0.15) is 30.1 Å². The minimum atomic E-state index is -3.76. The molecule has 1 aliphatic heterocycles. The number of amides is 1. The third kappa shape index (κ3) is 3.48. The molecule has 0 unspecified atom stereocenters. The zero-order valence-corrected chi connectivity index (χ0v) is 12.6. The van der Waals surface area contributed by atoms with Crippen LogP contribution in [0.2, 0.25) is 0 Å². The van der Waals surface area contributed by atoms with Gasteiger partial charge in [-0.25, -0.2) is 8.42 Å². The van der Waals surface area contributed by atoms with Gasteiger partial charge in [-0.15, -0.1) is 0 Å². The largest absolute Gasteiger partial charge is 0.355 e. The fraction of sp³-hybridized carbons (Fsp3) is 0.429. The average Bonchev–Trinajstić information content (AvgIpc) is 2.71. The second kappa shape index (κ2) is 6.36. The number of hydrogen-bond acceptors (Lipinski definition) is 4. The summed E-state index contributed by atoms with van der Waals surface area (Å²) in [5.41, 5.74) is 0.373. The van der Waals surface area contributed by atoms with Crippen molar-refractivity contribution in [2.24, 2.45) is 0 Å². The van der Waals surface area contributed by atoms with E-state index in [0.29, 0.717) is 24.9 Å². The number of hydrogen-bond donors (Lipinski definition) is 1. The van der Waals surface area contributed by atoms with Crippen molar-refractivity contribution >= 4 is 21.7 Å². The third-order valence-electron chi connectivity index (χ3n) is 3.34. The van der Waals surface area contributed by atoms with Gasteiger partial charge in [0.15, 0.2) is 5.78 Å². The summed E-state index contributed by atoms with van der Waals surface area (Å²) in [6.07, 6.45) is 0.883. The van der Waals surface area contributed by atoms with Crippen molar-refractivity contribution < 1.29 is 18.0 Å². The zero-order chi connectivity index (χ0) is 15.5. The standard InChI is InChI=1S/C14H18N2O4S/c1-2-13(17)11-5-3-6-12(9-11)21(19,20)16-8-4-7-15-14(18)10-16/h3,5-6,9H,2,4,7-8,10H2,1H3,(H,15,18). The molecular weight excluding hydrogens is 292 g/mol. The summed E-state index contributed by atoms with van der Waals surface area (Å²) < 4.78 is 26.3. The molecule has 114 valence electrons. The van der Waals surface area contributed by atoms with Gasteiger partial charge in [0.25, 0.3) is 0 Å². The highest BCUT2D eigenvalue weighted by molar-refractivity contribution is 7.89. The smallest absolute Gasteiger partial charge is 0.243 e. The molecule has 6 nitrogen and oxygen atoms in total. The Morgan fingerprint density at radius 1 is 1.38 bits per heavy atom.